The van der Waals surface area contributed by atoms with E-state index in [2.05, 4.69) is 45.8 Å². The van der Waals surface area contributed by atoms with Crippen molar-refractivity contribution in [2.75, 3.05) is 0 Å². The first-order chi connectivity index (χ1) is 21.3. The van der Waals surface area contributed by atoms with Gasteiger partial charge in [0.2, 0.25) is 0 Å². The Morgan fingerprint density at radius 1 is 0.578 bits per heavy atom. The van der Waals surface area contributed by atoms with Crippen molar-refractivity contribution in [1.82, 2.24) is 0 Å². The Hall–Kier alpha value is -3.19. The monoisotopic (exact) mass is 780 g/mol. The Labute approximate surface area is 262 Å². The van der Waals surface area contributed by atoms with E-state index in [-0.39, 0.29) is 5.41 Å². The van der Waals surface area contributed by atoms with Crippen molar-refractivity contribution in [3.8, 4) is 22.3 Å². The number of fused-ring (bicyclic) bond motifs is 8. The number of benzene rings is 4. The maximum atomic E-state index is 13.3. The Kier molecular flexibility index (Phi) is 6.28. The molecular formula is C38H30F6Hf. The van der Waals surface area contributed by atoms with E-state index in [1.54, 1.807) is 24.3 Å². The standard InChI is InChI=1S/C36H24F6.2CH3.Hf/c37-35(38,39)26-12-8-22(9-13-26)30-6-1-4-24-18-28(20-32(24)30)34(16-3-17-34)29-19-25-5-2-7-31(33(25)21-29)23-10-14-27(15-11-23)36(40,41)42;;;/h1-2,4-15,18-21H,3,16-17H2;2*1H3;. The van der Waals surface area contributed by atoms with Gasteiger partial charge in [-0.2, -0.15) is 0 Å². The zero-order chi connectivity index (χ0) is 31.5. The average molecular weight is 779 g/mol. The molecule has 0 N–H and O–H groups in total. The van der Waals surface area contributed by atoms with Crippen molar-refractivity contribution in [1.29, 1.82) is 0 Å². The van der Waals surface area contributed by atoms with Crippen LogP contribution in [0.2, 0.25) is 9.36 Å². The van der Waals surface area contributed by atoms with E-state index in [1.807, 2.05) is 12.1 Å². The van der Waals surface area contributed by atoms with Crippen LogP contribution in [-0.4, -0.2) is 0 Å². The Bertz CT molecular complexity index is 1780. The summed E-state index contributed by atoms with van der Waals surface area (Å²) in [5.74, 6) is 0. The Balaban J connectivity index is 1.26. The van der Waals surface area contributed by atoms with Crippen LogP contribution in [0.15, 0.2) is 96.1 Å². The summed E-state index contributed by atoms with van der Waals surface area (Å²) in [6, 6.07) is 23.6. The quantitative estimate of drug-likeness (QED) is 0.140. The topological polar surface area (TPSA) is 0 Å². The van der Waals surface area contributed by atoms with Gasteiger partial charge in [-0.15, -0.1) is 0 Å². The third-order valence-corrected chi connectivity index (χ3v) is 26.1. The van der Waals surface area contributed by atoms with Crippen molar-refractivity contribution in [2.24, 2.45) is 5.41 Å². The fourth-order valence-corrected chi connectivity index (χ4v) is 26.0. The molecule has 45 heavy (non-hydrogen) atoms. The normalized spacial score (nSPS) is 22.1. The predicted octanol–water partition coefficient (Wildman–Crippen LogP) is 12.1. The third kappa shape index (κ3) is 4.21. The Morgan fingerprint density at radius 3 is 1.31 bits per heavy atom. The van der Waals surface area contributed by atoms with Gasteiger partial charge in [0.05, 0.1) is 0 Å². The van der Waals surface area contributed by atoms with Gasteiger partial charge < -0.3 is 0 Å². The summed E-state index contributed by atoms with van der Waals surface area (Å²) in [6.45, 7) is 0. The SMILES string of the molecule is [CH3][Hf]1([CH3])[CH]2C(=Cc3c(-c4ccc(C(F)(F)F)cc4)cccc32)C2(CCC2)C2=Cc3c(-c4ccc(C(F)(F)F)cc4)cccc3[CH]21. The first-order valence-corrected chi connectivity index (χ1v) is 26.7. The molecule has 8 rings (SSSR count). The molecule has 4 aliphatic rings. The molecule has 0 aromatic heterocycles. The second kappa shape index (κ2) is 9.66. The summed E-state index contributed by atoms with van der Waals surface area (Å²) in [6.07, 6.45) is -0.732. The van der Waals surface area contributed by atoms with Gasteiger partial charge in [-0.25, -0.2) is 0 Å². The summed E-state index contributed by atoms with van der Waals surface area (Å²) >= 11 is -3.34. The first kappa shape index (κ1) is 29.2. The fourth-order valence-electron chi connectivity index (χ4n) is 8.86. The molecule has 4 aromatic rings. The molecule has 1 saturated heterocycles. The zero-order valence-electron chi connectivity index (χ0n) is 24.8. The fraction of sp³-hybridized carbons (Fsp3) is 0.263. The third-order valence-electron chi connectivity index (χ3n) is 11.0. The van der Waals surface area contributed by atoms with Crippen LogP contribution in [0, 0.1) is 5.41 Å². The predicted molar refractivity (Wildman–Crippen MR) is 163 cm³/mol. The summed E-state index contributed by atoms with van der Waals surface area (Å²) in [4.78, 5) is 0. The summed E-state index contributed by atoms with van der Waals surface area (Å²) in [7, 11) is 0. The second-order valence-electron chi connectivity index (χ2n) is 13.6. The van der Waals surface area contributed by atoms with Crippen molar-refractivity contribution >= 4 is 12.2 Å². The molecule has 0 bridgehead atoms. The minimum absolute atomic E-state index is 0.0578. The van der Waals surface area contributed by atoms with Crippen LogP contribution in [0.5, 0.6) is 0 Å². The van der Waals surface area contributed by atoms with Crippen LogP contribution in [-0.2, 0) is 32.3 Å². The summed E-state index contributed by atoms with van der Waals surface area (Å²) in [5, 5.41) is 0. The maximum absolute atomic E-state index is 13.3. The summed E-state index contributed by atoms with van der Waals surface area (Å²) in [5.41, 5.74) is 10.1. The van der Waals surface area contributed by atoms with Crippen LogP contribution in [0.3, 0.4) is 0 Å². The molecule has 7 heteroatoms. The molecule has 0 nitrogen and oxygen atoms in total. The second-order valence-corrected chi connectivity index (χ2v) is 30.8. The van der Waals surface area contributed by atoms with Crippen LogP contribution in [0.1, 0.15) is 60.0 Å². The van der Waals surface area contributed by atoms with E-state index in [9.17, 15) is 26.3 Å². The van der Waals surface area contributed by atoms with E-state index in [0.29, 0.717) is 7.35 Å². The summed E-state index contributed by atoms with van der Waals surface area (Å²) < 4.78 is 85.6. The molecule has 2 atom stereocenters. The molecule has 2 fully saturated rings. The van der Waals surface area contributed by atoms with Crippen molar-refractivity contribution in [3.63, 3.8) is 0 Å². The van der Waals surface area contributed by atoms with E-state index in [1.165, 1.54) is 46.5 Å². The molecular weight excluding hydrogens is 749 g/mol. The molecule has 3 aliphatic carbocycles. The van der Waals surface area contributed by atoms with Crippen LogP contribution < -0.4 is 0 Å². The average Bonchev–Trinajstić information content (AvgIpc) is 3.57. The van der Waals surface area contributed by atoms with Gasteiger partial charge in [0.15, 0.2) is 0 Å². The molecule has 1 aliphatic heterocycles. The van der Waals surface area contributed by atoms with Crippen LogP contribution >= 0.6 is 0 Å². The zero-order valence-corrected chi connectivity index (χ0v) is 28.4. The molecule has 0 amide bonds. The van der Waals surface area contributed by atoms with Gasteiger partial charge in [0, 0.05) is 0 Å². The van der Waals surface area contributed by atoms with Gasteiger partial charge in [-0.3, -0.25) is 0 Å². The van der Waals surface area contributed by atoms with Gasteiger partial charge in [0.1, 0.15) is 0 Å². The van der Waals surface area contributed by atoms with Gasteiger partial charge >= 0.3 is 264 Å². The molecule has 228 valence electrons. The van der Waals surface area contributed by atoms with E-state index < -0.39 is 43.4 Å². The first-order valence-electron chi connectivity index (χ1n) is 15.4. The van der Waals surface area contributed by atoms with Crippen molar-refractivity contribution in [3.05, 3.63) is 129 Å². The van der Waals surface area contributed by atoms with E-state index in [4.69, 9.17) is 0 Å². The molecule has 4 aromatic carbocycles. The molecule has 0 radical (unpaired) electrons. The minimum atomic E-state index is -4.38. The van der Waals surface area contributed by atoms with Gasteiger partial charge in [-0.1, -0.05) is 0 Å². The number of hydrogen-bond donors (Lipinski definition) is 0. The van der Waals surface area contributed by atoms with E-state index in [0.717, 1.165) is 52.6 Å². The number of allylic oxidation sites excluding steroid dienone is 2. The number of halogens is 6. The molecule has 2 unspecified atom stereocenters. The molecule has 1 heterocycles. The number of hydrogen-bond acceptors (Lipinski definition) is 0. The number of alkyl halides is 6. The van der Waals surface area contributed by atoms with Gasteiger partial charge in [-0.05, 0) is 0 Å². The molecule has 1 spiro atoms. The van der Waals surface area contributed by atoms with Crippen LogP contribution in [0.4, 0.5) is 26.3 Å². The van der Waals surface area contributed by atoms with E-state index >= 15 is 0 Å². The van der Waals surface area contributed by atoms with Crippen LogP contribution in [0.25, 0.3) is 34.4 Å². The number of rotatable bonds is 2. The van der Waals surface area contributed by atoms with Gasteiger partial charge in [0.25, 0.3) is 0 Å². The van der Waals surface area contributed by atoms with Crippen molar-refractivity contribution < 1.29 is 46.3 Å². The molecule has 1 saturated carbocycles. The van der Waals surface area contributed by atoms with Crippen molar-refractivity contribution in [2.45, 2.75) is 48.3 Å². The Morgan fingerprint density at radius 2 is 0.978 bits per heavy atom.